The van der Waals surface area contributed by atoms with Crippen LogP contribution >= 0.6 is 0 Å². The molecule has 0 heterocycles. The number of hydrogen-bond acceptors (Lipinski definition) is 5. The molecule has 0 atom stereocenters. The Labute approximate surface area is 149 Å². The fourth-order valence-corrected chi connectivity index (χ4v) is 2.20. The molecule has 0 aliphatic carbocycles. The highest BCUT2D eigenvalue weighted by Crippen LogP contribution is 2.25. The van der Waals surface area contributed by atoms with Crippen LogP contribution in [0.3, 0.4) is 0 Å². The van der Waals surface area contributed by atoms with Gasteiger partial charge in [-0.1, -0.05) is 6.07 Å². The summed E-state index contributed by atoms with van der Waals surface area (Å²) in [5.41, 5.74) is 0.712. The van der Waals surface area contributed by atoms with Crippen molar-refractivity contribution < 1.29 is 19.2 Å². The third-order valence-corrected chi connectivity index (χ3v) is 3.35. The second-order valence-electron chi connectivity index (χ2n) is 5.16. The molecule has 0 aliphatic heterocycles. The molecule has 0 fully saturated rings. The number of nitrogens with one attached hydrogen (secondary N) is 3. The van der Waals surface area contributed by atoms with Gasteiger partial charge in [-0.2, -0.15) is 0 Å². The molecule has 136 valence electrons. The number of hydrogen-bond donors (Lipinski definition) is 3. The first-order chi connectivity index (χ1) is 12.4. The van der Waals surface area contributed by atoms with Crippen molar-refractivity contribution in [3.8, 4) is 5.75 Å². The number of nitrogens with zero attached hydrogens (tertiary/aromatic N) is 1. The van der Waals surface area contributed by atoms with Gasteiger partial charge in [0.25, 0.3) is 11.6 Å². The maximum atomic E-state index is 12.5. The van der Waals surface area contributed by atoms with Crippen LogP contribution in [0.1, 0.15) is 17.3 Å². The van der Waals surface area contributed by atoms with Crippen LogP contribution in [0.15, 0.2) is 42.5 Å². The van der Waals surface area contributed by atoms with E-state index in [-0.39, 0.29) is 23.0 Å². The summed E-state index contributed by atoms with van der Waals surface area (Å²) in [5, 5.41) is 18.8. The lowest BCUT2D eigenvalue weighted by Crippen LogP contribution is -2.28. The molecule has 3 amide bonds. The van der Waals surface area contributed by atoms with Crippen LogP contribution in [-0.2, 0) is 0 Å². The van der Waals surface area contributed by atoms with Crippen molar-refractivity contribution in [3.05, 3.63) is 58.1 Å². The Bertz CT molecular complexity index is 838. The first kappa shape index (κ1) is 18.7. The summed E-state index contributed by atoms with van der Waals surface area (Å²) in [6.45, 7) is 2.28. The van der Waals surface area contributed by atoms with Gasteiger partial charge in [-0.05, 0) is 31.2 Å². The van der Waals surface area contributed by atoms with Crippen LogP contribution in [0.4, 0.5) is 21.9 Å². The average molecular weight is 358 g/mol. The summed E-state index contributed by atoms with van der Waals surface area (Å²) in [6, 6.07) is 9.91. The number of nitro benzene ring substituents is 1. The fraction of sp³-hybridized carbons (Fsp3) is 0.176. The molecular formula is C17H18N4O5. The number of benzene rings is 2. The molecular weight excluding hydrogens is 340 g/mol. The molecule has 9 heteroatoms. The SMILES string of the molecule is CCNC(=O)Nc1cccc(NC(=O)c2cc([N+](=O)[O-])ccc2OC)c1. The zero-order chi connectivity index (χ0) is 19.1. The summed E-state index contributed by atoms with van der Waals surface area (Å²) in [4.78, 5) is 34.4. The second kappa shape index (κ2) is 8.47. The number of ether oxygens (including phenoxy) is 1. The van der Waals surface area contributed by atoms with Gasteiger partial charge in [0, 0.05) is 30.1 Å². The highest BCUT2D eigenvalue weighted by molar-refractivity contribution is 6.07. The highest BCUT2D eigenvalue weighted by Gasteiger charge is 2.17. The monoisotopic (exact) mass is 358 g/mol. The molecule has 0 aliphatic rings. The molecule has 2 aromatic carbocycles. The topological polar surface area (TPSA) is 123 Å². The van der Waals surface area contributed by atoms with Gasteiger partial charge in [-0.3, -0.25) is 14.9 Å². The first-order valence-corrected chi connectivity index (χ1v) is 7.73. The fourth-order valence-electron chi connectivity index (χ4n) is 2.20. The molecule has 3 N–H and O–H groups in total. The van der Waals surface area contributed by atoms with Gasteiger partial charge >= 0.3 is 6.03 Å². The number of carbonyl (C=O) groups excluding carboxylic acids is 2. The Morgan fingerprint density at radius 1 is 1.12 bits per heavy atom. The van der Waals surface area contributed by atoms with E-state index >= 15 is 0 Å². The number of nitro groups is 1. The minimum atomic E-state index is -0.590. The Hall–Kier alpha value is -3.62. The van der Waals surface area contributed by atoms with Gasteiger partial charge in [0.05, 0.1) is 17.6 Å². The van der Waals surface area contributed by atoms with E-state index in [4.69, 9.17) is 4.74 Å². The summed E-state index contributed by atoms with van der Waals surface area (Å²) < 4.78 is 5.09. The third-order valence-electron chi connectivity index (χ3n) is 3.35. The van der Waals surface area contributed by atoms with Gasteiger partial charge in [0.1, 0.15) is 5.75 Å². The number of methoxy groups -OCH3 is 1. The quantitative estimate of drug-likeness (QED) is 0.541. The van der Waals surface area contributed by atoms with Crippen LogP contribution < -0.4 is 20.7 Å². The van der Waals surface area contributed by atoms with Gasteiger partial charge in [-0.25, -0.2) is 4.79 Å². The molecule has 0 radical (unpaired) electrons. The Morgan fingerprint density at radius 2 is 1.81 bits per heavy atom. The predicted molar refractivity (Wildman–Crippen MR) is 96.7 cm³/mol. The van der Waals surface area contributed by atoms with Crippen LogP contribution in [0, 0.1) is 10.1 Å². The van der Waals surface area contributed by atoms with E-state index in [0.29, 0.717) is 17.9 Å². The Balaban J connectivity index is 2.21. The van der Waals surface area contributed by atoms with Gasteiger partial charge < -0.3 is 20.7 Å². The lowest BCUT2D eigenvalue weighted by atomic mass is 10.1. The Morgan fingerprint density at radius 3 is 2.42 bits per heavy atom. The number of non-ortho nitro benzene ring substituents is 1. The van der Waals surface area contributed by atoms with E-state index in [1.54, 1.807) is 31.2 Å². The zero-order valence-corrected chi connectivity index (χ0v) is 14.2. The molecule has 2 rings (SSSR count). The van der Waals surface area contributed by atoms with Crippen molar-refractivity contribution in [2.75, 3.05) is 24.3 Å². The summed E-state index contributed by atoms with van der Waals surface area (Å²) in [6.07, 6.45) is 0. The van der Waals surface area contributed by atoms with Crippen LogP contribution in [0.5, 0.6) is 5.75 Å². The van der Waals surface area contributed by atoms with Crippen LogP contribution in [0.25, 0.3) is 0 Å². The van der Waals surface area contributed by atoms with Crippen molar-refractivity contribution in [2.45, 2.75) is 6.92 Å². The van der Waals surface area contributed by atoms with E-state index in [0.717, 1.165) is 6.07 Å². The van der Waals surface area contributed by atoms with E-state index in [2.05, 4.69) is 16.0 Å². The van der Waals surface area contributed by atoms with Gasteiger partial charge in [0.15, 0.2) is 0 Å². The van der Waals surface area contributed by atoms with E-state index in [9.17, 15) is 19.7 Å². The second-order valence-corrected chi connectivity index (χ2v) is 5.16. The van der Waals surface area contributed by atoms with Crippen LogP contribution in [-0.4, -0.2) is 30.5 Å². The number of anilines is 2. The molecule has 2 aromatic rings. The first-order valence-electron chi connectivity index (χ1n) is 7.73. The minimum absolute atomic E-state index is 0.0313. The summed E-state index contributed by atoms with van der Waals surface area (Å²) in [5.74, 6) is -0.356. The number of carbonyl (C=O) groups is 2. The Kier molecular flexibility index (Phi) is 6.10. The van der Waals surface area contributed by atoms with Gasteiger partial charge in [-0.15, -0.1) is 0 Å². The van der Waals surface area contributed by atoms with Crippen molar-refractivity contribution in [2.24, 2.45) is 0 Å². The molecule has 0 unspecified atom stereocenters. The van der Waals surface area contributed by atoms with E-state index in [1.165, 1.54) is 19.2 Å². The van der Waals surface area contributed by atoms with Crippen molar-refractivity contribution in [1.82, 2.24) is 5.32 Å². The van der Waals surface area contributed by atoms with Crippen molar-refractivity contribution in [3.63, 3.8) is 0 Å². The molecule has 9 nitrogen and oxygen atoms in total. The normalized spacial score (nSPS) is 9.92. The molecule has 0 aromatic heterocycles. The van der Waals surface area contributed by atoms with Crippen molar-refractivity contribution >= 4 is 29.0 Å². The lowest BCUT2D eigenvalue weighted by molar-refractivity contribution is -0.384. The molecule has 0 bridgehead atoms. The summed E-state index contributed by atoms with van der Waals surface area (Å²) in [7, 11) is 1.37. The largest absolute Gasteiger partial charge is 0.496 e. The average Bonchev–Trinajstić information content (AvgIpc) is 2.61. The van der Waals surface area contributed by atoms with Crippen LogP contribution in [0.2, 0.25) is 0 Å². The maximum absolute atomic E-state index is 12.5. The van der Waals surface area contributed by atoms with E-state index < -0.39 is 10.8 Å². The maximum Gasteiger partial charge on any atom is 0.319 e. The smallest absolute Gasteiger partial charge is 0.319 e. The molecule has 26 heavy (non-hydrogen) atoms. The number of urea groups is 1. The van der Waals surface area contributed by atoms with Gasteiger partial charge in [0.2, 0.25) is 0 Å². The molecule has 0 saturated heterocycles. The predicted octanol–water partition coefficient (Wildman–Crippen LogP) is 3.00. The summed E-state index contributed by atoms with van der Waals surface area (Å²) >= 11 is 0. The lowest BCUT2D eigenvalue weighted by Gasteiger charge is -2.11. The number of amides is 3. The zero-order valence-electron chi connectivity index (χ0n) is 14.2. The number of rotatable bonds is 6. The molecule has 0 saturated carbocycles. The van der Waals surface area contributed by atoms with Crippen molar-refractivity contribution in [1.29, 1.82) is 0 Å². The standard InChI is InChI=1S/C17H18N4O5/c1-3-18-17(23)20-12-6-4-5-11(9-12)19-16(22)14-10-13(21(24)25)7-8-15(14)26-2/h4-10H,3H2,1-2H3,(H,19,22)(H2,18,20,23). The van der Waals surface area contributed by atoms with E-state index in [1.807, 2.05) is 0 Å². The highest BCUT2D eigenvalue weighted by atomic mass is 16.6. The molecule has 0 spiro atoms. The minimum Gasteiger partial charge on any atom is -0.496 e. The third kappa shape index (κ3) is 4.69.